The van der Waals surface area contributed by atoms with E-state index in [2.05, 4.69) is 0 Å². The minimum atomic E-state index is -3.13. The summed E-state index contributed by atoms with van der Waals surface area (Å²) in [7, 11) is -3.13. The van der Waals surface area contributed by atoms with Gasteiger partial charge in [0.1, 0.15) is 0 Å². The Labute approximate surface area is 122 Å². The molecule has 4 heteroatoms. The molecule has 1 aromatic carbocycles. The fourth-order valence-electron chi connectivity index (χ4n) is 2.09. The lowest BCUT2D eigenvalue weighted by Gasteiger charge is -2.24. The Morgan fingerprint density at radius 2 is 1.70 bits per heavy atom. The van der Waals surface area contributed by atoms with E-state index in [4.69, 9.17) is 9.05 Å². The van der Waals surface area contributed by atoms with Crippen LogP contribution in [0, 0.1) is 0 Å². The van der Waals surface area contributed by atoms with Gasteiger partial charge in [-0.1, -0.05) is 42.0 Å². The lowest BCUT2D eigenvalue weighted by atomic mass is 10.1. The van der Waals surface area contributed by atoms with Gasteiger partial charge in [-0.25, -0.2) is 0 Å². The summed E-state index contributed by atoms with van der Waals surface area (Å²) in [4.78, 5) is 0. The molecule has 0 saturated heterocycles. The third-order valence-electron chi connectivity index (χ3n) is 2.84. The highest BCUT2D eigenvalue weighted by atomic mass is 31.2. The number of hydrogen-bond acceptors (Lipinski definition) is 3. The monoisotopic (exact) mass is 296 g/mol. The highest BCUT2D eigenvalue weighted by molar-refractivity contribution is 7.54. The van der Waals surface area contributed by atoms with E-state index in [9.17, 15) is 4.57 Å². The van der Waals surface area contributed by atoms with Crippen molar-refractivity contribution in [3.8, 4) is 0 Å². The summed E-state index contributed by atoms with van der Waals surface area (Å²) in [6.45, 7) is 8.46. The van der Waals surface area contributed by atoms with Crippen LogP contribution in [-0.2, 0) is 20.0 Å². The van der Waals surface area contributed by atoms with E-state index in [0.717, 1.165) is 11.1 Å². The van der Waals surface area contributed by atoms with Crippen molar-refractivity contribution in [1.82, 2.24) is 0 Å². The zero-order valence-electron chi connectivity index (χ0n) is 12.8. The van der Waals surface area contributed by atoms with Crippen molar-refractivity contribution in [3.63, 3.8) is 0 Å². The maximum Gasteiger partial charge on any atom is 0.337 e. The highest BCUT2D eigenvalue weighted by Crippen LogP contribution is 2.54. The first-order valence-corrected chi connectivity index (χ1v) is 8.70. The van der Waals surface area contributed by atoms with Gasteiger partial charge in [0.15, 0.2) is 0 Å². The van der Waals surface area contributed by atoms with Gasteiger partial charge < -0.3 is 9.05 Å². The highest BCUT2D eigenvalue weighted by Gasteiger charge is 2.33. The Hall–Kier alpha value is -0.890. The van der Waals surface area contributed by atoms with Crippen LogP contribution in [0.15, 0.2) is 42.0 Å². The number of benzene rings is 1. The van der Waals surface area contributed by atoms with Gasteiger partial charge in [0.25, 0.3) is 0 Å². The molecule has 0 aliphatic rings. The van der Waals surface area contributed by atoms with Gasteiger partial charge in [-0.15, -0.1) is 0 Å². The molecule has 0 bridgehead atoms. The van der Waals surface area contributed by atoms with Gasteiger partial charge in [0.2, 0.25) is 0 Å². The second-order valence-corrected chi connectivity index (χ2v) is 7.14. The smallest absolute Gasteiger partial charge is 0.308 e. The van der Waals surface area contributed by atoms with Gasteiger partial charge in [-0.2, -0.15) is 0 Å². The fourth-order valence-corrected chi connectivity index (χ4v) is 4.18. The number of allylic oxidation sites excluding steroid dienone is 2. The average Bonchev–Trinajstić information content (AvgIpc) is 2.39. The van der Waals surface area contributed by atoms with Gasteiger partial charge in [0, 0.05) is 0 Å². The van der Waals surface area contributed by atoms with Crippen LogP contribution in [0.1, 0.15) is 33.3 Å². The third kappa shape index (κ3) is 5.24. The zero-order valence-corrected chi connectivity index (χ0v) is 13.7. The van der Waals surface area contributed by atoms with Crippen LogP contribution in [0.5, 0.6) is 0 Å². The molecule has 0 fully saturated rings. The number of rotatable bonds is 8. The minimum Gasteiger partial charge on any atom is -0.308 e. The second kappa shape index (κ2) is 8.41. The van der Waals surface area contributed by atoms with Gasteiger partial charge in [-0.05, 0) is 39.7 Å². The predicted octanol–water partition coefficient (Wildman–Crippen LogP) is 4.83. The molecule has 0 amide bonds. The summed E-state index contributed by atoms with van der Waals surface area (Å²) in [5, 5.41) is 0. The van der Waals surface area contributed by atoms with Crippen LogP contribution in [0.2, 0.25) is 0 Å². The Balaban J connectivity index is 3.04. The maximum absolute atomic E-state index is 13.0. The molecule has 3 nitrogen and oxygen atoms in total. The van der Waals surface area contributed by atoms with Crippen LogP contribution < -0.4 is 0 Å². The van der Waals surface area contributed by atoms with Crippen molar-refractivity contribution < 1.29 is 13.6 Å². The largest absolute Gasteiger partial charge is 0.337 e. The molecule has 1 unspecified atom stereocenters. The lowest BCUT2D eigenvalue weighted by Crippen LogP contribution is -2.14. The van der Waals surface area contributed by atoms with E-state index in [1.54, 1.807) is 0 Å². The molecule has 0 radical (unpaired) electrons. The molecule has 0 aliphatic heterocycles. The van der Waals surface area contributed by atoms with Crippen molar-refractivity contribution in [1.29, 1.82) is 0 Å². The van der Waals surface area contributed by atoms with Crippen molar-refractivity contribution in [3.05, 3.63) is 47.5 Å². The molecule has 1 atom stereocenters. The molecular weight excluding hydrogens is 271 g/mol. The summed E-state index contributed by atoms with van der Waals surface area (Å²) < 4.78 is 24.0. The molecule has 1 aromatic rings. The topological polar surface area (TPSA) is 35.5 Å². The molecule has 112 valence electrons. The SMILES string of the molecule is CCOP(=O)(OCC)C(C=C(C)C)Cc1ccccc1. The Bertz CT molecular complexity index is 454. The van der Waals surface area contributed by atoms with Gasteiger partial charge in [-0.3, -0.25) is 4.57 Å². The molecular formula is C16H25O3P. The van der Waals surface area contributed by atoms with E-state index >= 15 is 0 Å². The first-order valence-electron chi connectivity index (χ1n) is 7.09. The molecule has 0 aromatic heterocycles. The van der Waals surface area contributed by atoms with E-state index in [0.29, 0.717) is 19.6 Å². The van der Waals surface area contributed by atoms with E-state index in [-0.39, 0.29) is 5.66 Å². The van der Waals surface area contributed by atoms with Crippen LogP contribution >= 0.6 is 7.60 Å². The molecule has 0 N–H and O–H groups in total. The molecule has 0 spiro atoms. The summed E-state index contributed by atoms with van der Waals surface area (Å²) >= 11 is 0. The molecule has 0 heterocycles. The summed E-state index contributed by atoms with van der Waals surface area (Å²) in [5.74, 6) is 0. The standard InChI is InChI=1S/C16H25O3P/c1-5-18-20(17,19-6-2)16(12-14(3)4)13-15-10-8-7-9-11-15/h7-12,16H,5-6,13H2,1-4H3. The third-order valence-corrected chi connectivity index (χ3v) is 5.22. The molecule has 0 saturated carbocycles. The summed E-state index contributed by atoms with van der Waals surface area (Å²) in [6, 6.07) is 10.0. The predicted molar refractivity (Wildman–Crippen MR) is 84.2 cm³/mol. The van der Waals surface area contributed by atoms with Crippen molar-refractivity contribution in [2.75, 3.05) is 13.2 Å². The van der Waals surface area contributed by atoms with Crippen LogP contribution in [0.4, 0.5) is 0 Å². The summed E-state index contributed by atoms with van der Waals surface area (Å²) in [5.41, 5.74) is 2.01. The van der Waals surface area contributed by atoms with Crippen molar-refractivity contribution in [2.45, 2.75) is 39.8 Å². The van der Waals surface area contributed by atoms with Crippen LogP contribution in [0.25, 0.3) is 0 Å². The normalized spacial score (nSPS) is 13.0. The van der Waals surface area contributed by atoms with Gasteiger partial charge >= 0.3 is 7.60 Å². The average molecular weight is 296 g/mol. The van der Waals surface area contributed by atoms with Crippen molar-refractivity contribution >= 4 is 7.60 Å². The fraction of sp³-hybridized carbons (Fsp3) is 0.500. The van der Waals surface area contributed by atoms with Crippen LogP contribution in [0.3, 0.4) is 0 Å². The Morgan fingerprint density at radius 3 is 2.15 bits per heavy atom. The minimum absolute atomic E-state index is 0.241. The Kier molecular flexibility index (Phi) is 7.22. The zero-order chi connectivity index (χ0) is 15.0. The van der Waals surface area contributed by atoms with Gasteiger partial charge in [0.05, 0.1) is 18.9 Å². The summed E-state index contributed by atoms with van der Waals surface area (Å²) in [6.07, 6.45) is 2.66. The quantitative estimate of drug-likeness (QED) is 0.509. The van der Waals surface area contributed by atoms with E-state index in [1.165, 1.54) is 0 Å². The molecule has 1 rings (SSSR count). The first kappa shape index (κ1) is 17.2. The first-order chi connectivity index (χ1) is 9.51. The lowest BCUT2D eigenvalue weighted by molar-refractivity contribution is 0.215. The van der Waals surface area contributed by atoms with E-state index < -0.39 is 7.60 Å². The van der Waals surface area contributed by atoms with Crippen molar-refractivity contribution in [2.24, 2.45) is 0 Å². The van der Waals surface area contributed by atoms with E-state index in [1.807, 2.05) is 64.1 Å². The number of hydrogen-bond donors (Lipinski definition) is 0. The Morgan fingerprint density at radius 1 is 1.15 bits per heavy atom. The molecule has 0 aliphatic carbocycles. The van der Waals surface area contributed by atoms with Crippen LogP contribution in [-0.4, -0.2) is 18.9 Å². The molecule has 20 heavy (non-hydrogen) atoms. The second-order valence-electron chi connectivity index (χ2n) is 4.88. The maximum atomic E-state index is 13.0.